The topological polar surface area (TPSA) is 108 Å². The predicted octanol–water partition coefficient (Wildman–Crippen LogP) is 5.18. The van der Waals surface area contributed by atoms with E-state index in [2.05, 4.69) is 5.32 Å². The van der Waals surface area contributed by atoms with Gasteiger partial charge in [-0.1, -0.05) is 54.1 Å². The molecule has 1 atom stereocenters. The molecule has 0 aliphatic carbocycles. The summed E-state index contributed by atoms with van der Waals surface area (Å²) in [6, 6.07) is 18.8. The van der Waals surface area contributed by atoms with Crippen LogP contribution < -0.4 is 10.1 Å². The Labute approximate surface area is 188 Å². The van der Waals surface area contributed by atoms with Gasteiger partial charge in [0.1, 0.15) is 10.8 Å². The van der Waals surface area contributed by atoms with Gasteiger partial charge in [0.05, 0.1) is 22.8 Å². The Morgan fingerprint density at radius 2 is 1.75 bits per heavy atom. The van der Waals surface area contributed by atoms with Gasteiger partial charge in [-0.15, -0.1) is 0 Å². The third-order valence-electron chi connectivity index (χ3n) is 4.39. The van der Waals surface area contributed by atoms with Crippen molar-refractivity contribution in [3.8, 4) is 5.75 Å². The summed E-state index contributed by atoms with van der Waals surface area (Å²) in [5.41, 5.74) is 0.297. The van der Waals surface area contributed by atoms with Crippen molar-refractivity contribution in [3.05, 3.63) is 99.1 Å². The van der Waals surface area contributed by atoms with Gasteiger partial charge in [0.25, 0.3) is 11.6 Å². The molecule has 0 bridgehead atoms. The molecule has 1 N–H and O–H groups in total. The zero-order valence-corrected chi connectivity index (χ0v) is 17.7. The highest BCUT2D eigenvalue weighted by molar-refractivity contribution is 6.32. The summed E-state index contributed by atoms with van der Waals surface area (Å²) in [6.07, 6.45) is -1.31. The van der Waals surface area contributed by atoms with Gasteiger partial charge in [0.15, 0.2) is 0 Å². The zero-order chi connectivity index (χ0) is 23.1. The second kappa shape index (κ2) is 10.4. The van der Waals surface area contributed by atoms with E-state index in [-0.39, 0.29) is 10.6 Å². The number of carbonyl (C=O) groups excluding carboxylic acids is 2. The van der Waals surface area contributed by atoms with Crippen LogP contribution in [-0.2, 0) is 9.53 Å². The SMILES string of the molecule is CCOc1ccccc1NC(=O)C(OC(=O)c1ccc(Cl)c([N+](=O)[O-])c1)c1ccccc1. The fraction of sp³-hybridized carbons (Fsp3) is 0.130. The van der Waals surface area contributed by atoms with Crippen molar-refractivity contribution >= 4 is 34.9 Å². The van der Waals surface area contributed by atoms with E-state index in [0.717, 1.165) is 6.07 Å². The number of hydrogen-bond acceptors (Lipinski definition) is 6. The van der Waals surface area contributed by atoms with E-state index in [1.807, 2.05) is 6.92 Å². The third-order valence-corrected chi connectivity index (χ3v) is 4.71. The summed E-state index contributed by atoms with van der Waals surface area (Å²) in [5.74, 6) is -1.05. The van der Waals surface area contributed by atoms with E-state index in [1.165, 1.54) is 12.1 Å². The summed E-state index contributed by atoms with van der Waals surface area (Å²) in [5, 5.41) is 13.7. The van der Waals surface area contributed by atoms with Crippen LogP contribution in [0.2, 0.25) is 5.02 Å². The number of esters is 1. The molecule has 8 nitrogen and oxygen atoms in total. The highest BCUT2D eigenvalue weighted by Gasteiger charge is 2.27. The van der Waals surface area contributed by atoms with Gasteiger partial charge in [-0.25, -0.2) is 4.79 Å². The molecule has 0 aromatic heterocycles. The van der Waals surface area contributed by atoms with Crippen LogP contribution in [0.25, 0.3) is 0 Å². The lowest BCUT2D eigenvalue weighted by molar-refractivity contribution is -0.384. The minimum absolute atomic E-state index is 0.107. The second-order valence-electron chi connectivity index (χ2n) is 6.54. The standard InChI is InChI=1S/C23H19ClN2O6/c1-2-31-20-11-7-6-10-18(20)25-22(27)21(15-8-4-3-5-9-15)32-23(28)16-12-13-17(24)19(14-16)26(29)30/h3-14,21H,2H2,1H3,(H,25,27). The Morgan fingerprint density at radius 3 is 2.44 bits per heavy atom. The van der Waals surface area contributed by atoms with Crippen molar-refractivity contribution in [2.45, 2.75) is 13.0 Å². The minimum Gasteiger partial charge on any atom is -0.492 e. The van der Waals surface area contributed by atoms with Crippen LogP contribution in [0.3, 0.4) is 0 Å². The van der Waals surface area contributed by atoms with Crippen molar-refractivity contribution in [3.63, 3.8) is 0 Å². The molecule has 0 saturated heterocycles. The Morgan fingerprint density at radius 1 is 1.06 bits per heavy atom. The lowest BCUT2D eigenvalue weighted by atomic mass is 10.1. The fourth-order valence-electron chi connectivity index (χ4n) is 2.90. The van der Waals surface area contributed by atoms with Crippen molar-refractivity contribution in [1.82, 2.24) is 0 Å². The third kappa shape index (κ3) is 5.41. The molecule has 0 radical (unpaired) electrons. The number of amides is 1. The molecule has 3 aromatic rings. The number of para-hydroxylation sites is 2. The van der Waals surface area contributed by atoms with Gasteiger partial charge in [-0.05, 0) is 31.2 Å². The molecule has 1 amide bonds. The van der Waals surface area contributed by atoms with Gasteiger partial charge in [0, 0.05) is 11.6 Å². The summed E-state index contributed by atoms with van der Waals surface area (Å²) in [6.45, 7) is 2.22. The minimum atomic E-state index is -1.31. The first-order valence-corrected chi connectivity index (χ1v) is 10.0. The van der Waals surface area contributed by atoms with Crippen molar-refractivity contribution in [2.24, 2.45) is 0 Å². The first-order chi connectivity index (χ1) is 15.4. The predicted molar refractivity (Wildman–Crippen MR) is 119 cm³/mol. The number of nitrogens with one attached hydrogen (secondary N) is 1. The van der Waals surface area contributed by atoms with E-state index < -0.39 is 28.6 Å². The summed E-state index contributed by atoms with van der Waals surface area (Å²) >= 11 is 5.81. The second-order valence-corrected chi connectivity index (χ2v) is 6.94. The van der Waals surface area contributed by atoms with Crippen molar-refractivity contribution in [2.75, 3.05) is 11.9 Å². The number of ether oxygens (including phenoxy) is 2. The fourth-order valence-corrected chi connectivity index (χ4v) is 3.09. The molecule has 0 aliphatic rings. The van der Waals surface area contributed by atoms with E-state index in [0.29, 0.717) is 23.6 Å². The molecular weight excluding hydrogens is 436 g/mol. The van der Waals surface area contributed by atoms with Gasteiger partial charge >= 0.3 is 5.97 Å². The number of rotatable bonds is 8. The maximum Gasteiger partial charge on any atom is 0.339 e. The van der Waals surface area contributed by atoms with Gasteiger partial charge in [-0.2, -0.15) is 0 Å². The number of nitro benzene ring substituents is 1. The summed E-state index contributed by atoms with van der Waals surface area (Å²) in [7, 11) is 0. The van der Waals surface area contributed by atoms with E-state index in [9.17, 15) is 19.7 Å². The number of anilines is 1. The van der Waals surface area contributed by atoms with Crippen molar-refractivity contribution in [1.29, 1.82) is 0 Å². The first kappa shape index (κ1) is 22.8. The average Bonchev–Trinajstić information content (AvgIpc) is 2.79. The van der Waals surface area contributed by atoms with Gasteiger partial charge in [-0.3, -0.25) is 14.9 Å². The number of benzene rings is 3. The molecule has 0 fully saturated rings. The molecule has 164 valence electrons. The first-order valence-electron chi connectivity index (χ1n) is 9.63. The molecule has 3 aromatic carbocycles. The molecule has 32 heavy (non-hydrogen) atoms. The van der Waals surface area contributed by atoms with Crippen LogP contribution in [0.5, 0.6) is 5.75 Å². The van der Waals surface area contributed by atoms with Gasteiger partial charge in [0.2, 0.25) is 6.10 Å². The van der Waals surface area contributed by atoms with Crippen LogP contribution >= 0.6 is 11.6 Å². The van der Waals surface area contributed by atoms with Crippen LogP contribution in [0.1, 0.15) is 28.9 Å². The Bertz CT molecular complexity index is 1140. The smallest absolute Gasteiger partial charge is 0.339 e. The molecule has 0 heterocycles. The highest BCUT2D eigenvalue weighted by atomic mass is 35.5. The lowest BCUT2D eigenvalue weighted by Crippen LogP contribution is -2.26. The average molecular weight is 455 g/mol. The molecule has 3 rings (SSSR count). The molecular formula is C23H19ClN2O6. The Kier molecular flexibility index (Phi) is 7.41. The van der Waals surface area contributed by atoms with Gasteiger partial charge < -0.3 is 14.8 Å². The van der Waals surface area contributed by atoms with Crippen LogP contribution in [0.4, 0.5) is 11.4 Å². The monoisotopic (exact) mass is 454 g/mol. The lowest BCUT2D eigenvalue weighted by Gasteiger charge is -2.19. The maximum atomic E-state index is 13.1. The molecule has 0 spiro atoms. The summed E-state index contributed by atoms with van der Waals surface area (Å²) < 4.78 is 11.0. The Hall–Kier alpha value is -3.91. The van der Waals surface area contributed by atoms with E-state index in [4.69, 9.17) is 21.1 Å². The molecule has 0 aliphatic heterocycles. The number of nitro groups is 1. The largest absolute Gasteiger partial charge is 0.492 e. The maximum absolute atomic E-state index is 13.1. The Balaban J connectivity index is 1.89. The number of halogens is 1. The van der Waals surface area contributed by atoms with Crippen LogP contribution in [-0.4, -0.2) is 23.4 Å². The molecule has 0 saturated carbocycles. The van der Waals surface area contributed by atoms with Crippen LogP contribution in [0, 0.1) is 10.1 Å². The molecule has 9 heteroatoms. The number of nitrogens with zero attached hydrogens (tertiary/aromatic N) is 1. The quantitative estimate of drug-likeness (QED) is 0.285. The van der Waals surface area contributed by atoms with E-state index >= 15 is 0 Å². The number of hydrogen-bond donors (Lipinski definition) is 1. The highest BCUT2D eigenvalue weighted by Crippen LogP contribution is 2.29. The summed E-state index contributed by atoms with van der Waals surface area (Å²) in [4.78, 5) is 36.3. The van der Waals surface area contributed by atoms with Crippen molar-refractivity contribution < 1.29 is 24.0 Å². The van der Waals surface area contributed by atoms with E-state index in [1.54, 1.807) is 54.6 Å². The van der Waals surface area contributed by atoms with Crippen LogP contribution in [0.15, 0.2) is 72.8 Å². The normalized spacial score (nSPS) is 11.3. The number of carbonyl (C=O) groups is 2. The zero-order valence-electron chi connectivity index (χ0n) is 17.0. The molecule has 1 unspecified atom stereocenters.